The number of carbonyl (C=O) groups excluding carboxylic acids is 5. The van der Waals surface area contributed by atoms with Gasteiger partial charge in [0.05, 0.1) is 24.6 Å². The maximum Gasteiger partial charge on any atom is 0.255 e. The second-order valence-electron chi connectivity index (χ2n) is 12.4. The van der Waals surface area contributed by atoms with E-state index in [9.17, 15) is 24.0 Å². The summed E-state index contributed by atoms with van der Waals surface area (Å²) in [6.45, 7) is 3.68. The van der Waals surface area contributed by atoms with Crippen molar-refractivity contribution in [3.05, 3.63) is 102 Å². The van der Waals surface area contributed by atoms with Gasteiger partial charge in [-0.05, 0) is 48.4 Å². The molecule has 3 aromatic carbocycles. The molecule has 1 aliphatic heterocycles. The van der Waals surface area contributed by atoms with Gasteiger partial charge in [-0.2, -0.15) is 0 Å². The first-order chi connectivity index (χ1) is 23.1. The minimum Gasteiger partial charge on any atom is -0.491 e. The number of hydrogen-bond acceptors (Lipinski definition) is 6. The summed E-state index contributed by atoms with van der Waals surface area (Å²) in [6, 6.07) is 23.4. The Labute approximate surface area is 281 Å². The van der Waals surface area contributed by atoms with E-state index in [1.807, 2.05) is 60.7 Å². The van der Waals surface area contributed by atoms with Crippen LogP contribution in [0.3, 0.4) is 0 Å². The molecule has 0 aromatic heterocycles. The van der Waals surface area contributed by atoms with E-state index in [2.05, 4.69) is 21.3 Å². The maximum atomic E-state index is 13.6. The van der Waals surface area contributed by atoms with E-state index < -0.39 is 54.1 Å². The molecule has 254 valence electrons. The minimum absolute atomic E-state index is 0.0303. The average molecular weight is 656 g/mol. The highest BCUT2D eigenvalue weighted by Gasteiger charge is 2.31. The molecule has 11 heteroatoms. The molecule has 4 N–H and O–H groups in total. The summed E-state index contributed by atoms with van der Waals surface area (Å²) < 4.78 is 6.12. The monoisotopic (exact) mass is 655 g/mol. The molecule has 48 heavy (non-hydrogen) atoms. The Bertz CT molecular complexity index is 1550. The Balaban J connectivity index is 1.59. The van der Waals surface area contributed by atoms with E-state index in [1.54, 1.807) is 38.1 Å². The van der Waals surface area contributed by atoms with E-state index in [0.29, 0.717) is 19.4 Å². The average Bonchev–Trinajstić information content (AvgIpc) is 3.07. The summed E-state index contributed by atoms with van der Waals surface area (Å²) in [5, 5.41) is 11.3. The topological polar surface area (TPSA) is 146 Å². The van der Waals surface area contributed by atoms with Crippen molar-refractivity contribution in [1.82, 2.24) is 26.2 Å². The molecule has 0 spiro atoms. The van der Waals surface area contributed by atoms with Crippen LogP contribution in [0.25, 0.3) is 0 Å². The molecule has 5 amide bonds. The van der Waals surface area contributed by atoms with Crippen molar-refractivity contribution in [2.24, 2.45) is 5.92 Å². The Morgan fingerprint density at radius 1 is 0.854 bits per heavy atom. The molecule has 0 bridgehead atoms. The van der Waals surface area contributed by atoms with Gasteiger partial charge >= 0.3 is 0 Å². The number of ether oxygens (including phenoxy) is 1. The molecule has 0 radical (unpaired) electrons. The summed E-state index contributed by atoms with van der Waals surface area (Å²) in [4.78, 5) is 68.3. The SMILES string of the molecule is CC(C)[C@@H]1NC(=O)C[C@@H](C(=O)NCCCc2ccccc2)NC(=O)c2ccccc2OC[C@@H](Cc2ccccc2)NC(=O)CN(C)C1=O. The van der Waals surface area contributed by atoms with Crippen LogP contribution >= 0.6 is 0 Å². The number of hydrogen-bond donors (Lipinski definition) is 4. The quantitative estimate of drug-likeness (QED) is 0.275. The second kappa shape index (κ2) is 17.7. The van der Waals surface area contributed by atoms with E-state index in [1.165, 1.54) is 11.9 Å². The lowest BCUT2D eigenvalue weighted by Gasteiger charge is -2.28. The number of likely N-dealkylation sites (N-methyl/N-ethyl adjacent to an activating group) is 1. The van der Waals surface area contributed by atoms with Crippen LogP contribution in [-0.2, 0) is 32.0 Å². The van der Waals surface area contributed by atoms with Gasteiger partial charge in [0.25, 0.3) is 5.91 Å². The van der Waals surface area contributed by atoms with E-state index >= 15 is 0 Å². The van der Waals surface area contributed by atoms with Crippen LogP contribution in [0.2, 0.25) is 0 Å². The fraction of sp³-hybridized carbons (Fsp3) is 0.378. The van der Waals surface area contributed by atoms with Gasteiger partial charge < -0.3 is 30.9 Å². The first-order valence-corrected chi connectivity index (χ1v) is 16.3. The molecular formula is C37H45N5O6. The maximum absolute atomic E-state index is 13.6. The van der Waals surface area contributed by atoms with E-state index in [-0.39, 0.29) is 30.4 Å². The summed E-state index contributed by atoms with van der Waals surface area (Å²) in [6.07, 6.45) is 1.44. The van der Waals surface area contributed by atoms with Crippen LogP contribution < -0.4 is 26.0 Å². The minimum atomic E-state index is -1.23. The van der Waals surface area contributed by atoms with Gasteiger partial charge in [0, 0.05) is 13.6 Å². The molecular weight excluding hydrogens is 610 g/mol. The molecule has 3 atom stereocenters. The number of fused-ring (bicyclic) bond motifs is 1. The number of rotatable bonds is 8. The van der Waals surface area contributed by atoms with Gasteiger partial charge in [-0.3, -0.25) is 24.0 Å². The van der Waals surface area contributed by atoms with Crippen LogP contribution in [0.5, 0.6) is 5.75 Å². The zero-order valence-corrected chi connectivity index (χ0v) is 27.7. The fourth-order valence-corrected chi connectivity index (χ4v) is 5.47. The van der Waals surface area contributed by atoms with Gasteiger partial charge in [0.2, 0.25) is 23.6 Å². The normalized spacial score (nSPS) is 19.7. The van der Waals surface area contributed by atoms with Crippen LogP contribution in [0.1, 0.15) is 48.2 Å². The first kappa shape index (κ1) is 35.7. The van der Waals surface area contributed by atoms with Crippen molar-refractivity contribution in [2.45, 2.75) is 57.7 Å². The summed E-state index contributed by atoms with van der Waals surface area (Å²) in [5.41, 5.74) is 2.27. The lowest BCUT2D eigenvalue weighted by Crippen LogP contribution is -2.54. The number of amides is 5. The van der Waals surface area contributed by atoms with Crippen molar-refractivity contribution in [3.63, 3.8) is 0 Å². The Morgan fingerprint density at radius 2 is 1.50 bits per heavy atom. The largest absolute Gasteiger partial charge is 0.491 e. The predicted octanol–water partition coefficient (Wildman–Crippen LogP) is 2.64. The highest BCUT2D eigenvalue weighted by Crippen LogP contribution is 2.19. The molecule has 0 fully saturated rings. The molecule has 4 rings (SSSR count). The number of aryl methyl sites for hydroxylation is 1. The van der Waals surface area contributed by atoms with Gasteiger partial charge in [0.1, 0.15) is 24.4 Å². The van der Waals surface area contributed by atoms with Crippen molar-refractivity contribution >= 4 is 29.5 Å². The number of carbonyl (C=O) groups is 5. The van der Waals surface area contributed by atoms with Crippen LogP contribution in [-0.4, -0.2) is 79.3 Å². The van der Waals surface area contributed by atoms with Crippen LogP contribution in [0.4, 0.5) is 0 Å². The highest BCUT2D eigenvalue weighted by atomic mass is 16.5. The van der Waals surface area contributed by atoms with E-state index in [4.69, 9.17) is 4.74 Å². The molecule has 0 saturated heterocycles. The molecule has 0 saturated carbocycles. The lowest BCUT2D eigenvalue weighted by molar-refractivity contribution is -0.139. The van der Waals surface area contributed by atoms with Gasteiger partial charge in [-0.25, -0.2) is 0 Å². The van der Waals surface area contributed by atoms with Gasteiger partial charge in [-0.15, -0.1) is 0 Å². The molecule has 1 aliphatic rings. The molecule has 1 heterocycles. The zero-order valence-electron chi connectivity index (χ0n) is 27.7. The summed E-state index contributed by atoms with van der Waals surface area (Å²) in [5.74, 6) is -2.64. The van der Waals surface area contributed by atoms with Crippen molar-refractivity contribution < 1.29 is 28.7 Å². The molecule has 3 aromatic rings. The smallest absolute Gasteiger partial charge is 0.255 e. The highest BCUT2D eigenvalue weighted by molar-refractivity contribution is 6.01. The van der Waals surface area contributed by atoms with Crippen LogP contribution in [0.15, 0.2) is 84.9 Å². The third kappa shape index (κ3) is 10.7. The lowest BCUT2D eigenvalue weighted by atomic mass is 10.0. The van der Waals surface area contributed by atoms with Gasteiger partial charge in [0.15, 0.2) is 0 Å². The number of para-hydroxylation sites is 1. The molecule has 11 nitrogen and oxygen atoms in total. The van der Waals surface area contributed by atoms with E-state index in [0.717, 1.165) is 17.5 Å². The first-order valence-electron chi connectivity index (χ1n) is 16.3. The Morgan fingerprint density at radius 3 is 2.19 bits per heavy atom. The second-order valence-corrected chi connectivity index (χ2v) is 12.4. The zero-order chi connectivity index (χ0) is 34.5. The van der Waals surface area contributed by atoms with Crippen molar-refractivity contribution in [1.29, 1.82) is 0 Å². The molecule has 0 aliphatic carbocycles. The van der Waals surface area contributed by atoms with Gasteiger partial charge in [-0.1, -0.05) is 86.6 Å². The number of nitrogens with one attached hydrogen (secondary N) is 4. The summed E-state index contributed by atoms with van der Waals surface area (Å²) >= 11 is 0. The number of benzene rings is 3. The third-order valence-electron chi connectivity index (χ3n) is 8.06. The predicted molar refractivity (Wildman–Crippen MR) is 182 cm³/mol. The Hall–Kier alpha value is -5.19. The third-order valence-corrected chi connectivity index (χ3v) is 8.06. The Kier molecular flexibility index (Phi) is 13.1. The number of nitrogens with zero attached hydrogens (tertiary/aromatic N) is 1. The van der Waals surface area contributed by atoms with Crippen molar-refractivity contribution in [2.75, 3.05) is 26.7 Å². The standard InChI is InChI=1S/C37H45N5O6/c1-25(2)34-37(47)42(3)23-33(44)39-28(21-27-15-8-5-9-16-27)24-48-31-19-11-10-18-29(31)35(45)40-30(22-32(43)41-34)36(46)38-20-12-17-26-13-6-4-7-14-26/h4-11,13-16,18-19,25,28,30,34H,12,17,20-24H2,1-3H3,(H,38,46)(H,39,44)(H,40,45)(H,41,43)/t28-,30+,34+/m1/s1. The van der Waals surface area contributed by atoms with Crippen molar-refractivity contribution in [3.8, 4) is 5.75 Å². The molecule has 0 unspecified atom stereocenters. The van der Waals surface area contributed by atoms with Crippen LogP contribution in [0, 0.1) is 5.92 Å². The fourth-order valence-electron chi connectivity index (χ4n) is 5.47. The summed E-state index contributed by atoms with van der Waals surface area (Å²) in [7, 11) is 1.50.